The first kappa shape index (κ1) is 11.9. The van der Waals surface area contributed by atoms with Crippen LogP contribution < -0.4 is 5.32 Å². The average molecular weight is 276 g/mol. The summed E-state index contributed by atoms with van der Waals surface area (Å²) < 4.78 is 0. The maximum Gasteiger partial charge on any atom is 0.224 e. The summed E-state index contributed by atoms with van der Waals surface area (Å²) in [5, 5.41) is 5.77. The molecule has 0 spiro atoms. The lowest BCUT2D eigenvalue weighted by Gasteiger charge is -2.24. The molecular weight excluding hydrogens is 256 g/mol. The first-order valence-electron chi connectivity index (χ1n) is 7.44. The molecule has 2 fully saturated rings. The van der Waals surface area contributed by atoms with Gasteiger partial charge in [0.15, 0.2) is 0 Å². The Hall–Kier alpha value is -0.870. The molecule has 1 aromatic rings. The van der Waals surface area contributed by atoms with Gasteiger partial charge in [0, 0.05) is 29.9 Å². The maximum absolute atomic E-state index is 12.2. The fourth-order valence-electron chi connectivity index (χ4n) is 3.91. The molecule has 0 radical (unpaired) electrons. The predicted molar refractivity (Wildman–Crippen MR) is 76.3 cm³/mol. The third-order valence-corrected chi connectivity index (χ3v) is 6.05. The first-order chi connectivity index (χ1) is 9.33. The fraction of sp³-hybridized carbons (Fsp3) is 0.667. The van der Waals surface area contributed by atoms with Gasteiger partial charge in [0.1, 0.15) is 0 Å². The highest BCUT2D eigenvalue weighted by Crippen LogP contribution is 2.34. The topological polar surface area (TPSA) is 32.3 Å². The van der Waals surface area contributed by atoms with E-state index in [9.17, 15) is 4.79 Å². The molecule has 3 heterocycles. The highest BCUT2D eigenvalue weighted by molar-refractivity contribution is 7.10. The molecule has 1 N–H and O–H groups in total. The van der Waals surface area contributed by atoms with Crippen molar-refractivity contribution < 1.29 is 4.79 Å². The van der Waals surface area contributed by atoms with Gasteiger partial charge in [0.25, 0.3) is 0 Å². The van der Waals surface area contributed by atoms with Crippen LogP contribution in [-0.4, -0.2) is 29.4 Å². The van der Waals surface area contributed by atoms with Gasteiger partial charge < -0.3 is 10.2 Å². The molecule has 19 heavy (non-hydrogen) atoms. The number of nitrogens with one attached hydrogen (secondary N) is 1. The molecule has 2 saturated heterocycles. The summed E-state index contributed by atoms with van der Waals surface area (Å²) >= 11 is 1.91. The van der Waals surface area contributed by atoms with Gasteiger partial charge in [-0.25, -0.2) is 0 Å². The summed E-state index contributed by atoms with van der Waals surface area (Å²) in [5.41, 5.74) is 3.00. The summed E-state index contributed by atoms with van der Waals surface area (Å²) in [7, 11) is 0. The van der Waals surface area contributed by atoms with Crippen LogP contribution in [0.2, 0.25) is 0 Å². The minimum atomic E-state index is 0.345. The van der Waals surface area contributed by atoms with Crippen LogP contribution in [0.4, 0.5) is 0 Å². The van der Waals surface area contributed by atoms with Crippen molar-refractivity contribution in [3.8, 4) is 0 Å². The van der Waals surface area contributed by atoms with E-state index in [1.807, 2.05) is 11.3 Å². The van der Waals surface area contributed by atoms with Crippen molar-refractivity contribution in [3.63, 3.8) is 0 Å². The van der Waals surface area contributed by atoms with Gasteiger partial charge >= 0.3 is 0 Å². The van der Waals surface area contributed by atoms with Crippen LogP contribution in [0.3, 0.4) is 0 Å². The Kier molecular flexibility index (Phi) is 2.88. The number of carbonyl (C=O) groups excluding carboxylic acids is 1. The van der Waals surface area contributed by atoms with Crippen LogP contribution in [0.25, 0.3) is 0 Å². The van der Waals surface area contributed by atoms with Crippen LogP contribution in [0, 0.1) is 0 Å². The van der Waals surface area contributed by atoms with Crippen molar-refractivity contribution in [2.45, 2.75) is 57.2 Å². The van der Waals surface area contributed by atoms with Crippen LogP contribution in [0.1, 0.15) is 41.7 Å². The molecule has 102 valence electrons. The second kappa shape index (κ2) is 4.60. The Morgan fingerprint density at radius 1 is 1.37 bits per heavy atom. The van der Waals surface area contributed by atoms with Gasteiger partial charge in [-0.2, -0.15) is 0 Å². The first-order valence-corrected chi connectivity index (χ1v) is 8.32. The van der Waals surface area contributed by atoms with Crippen molar-refractivity contribution in [1.82, 2.24) is 10.2 Å². The summed E-state index contributed by atoms with van der Waals surface area (Å²) in [6.07, 6.45) is 6.96. The highest BCUT2D eigenvalue weighted by Gasteiger charge is 2.42. The molecule has 3 nitrogen and oxygen atoms in total. The average Bonchev–Trinajstić information content (AvgIpc) is 3.08. The van der Waals surface area contributed by atoms with E-state index in [0.29, 0.717) is 24.4 Å². The molecule has 4 heteroatoms. The molecule has 2 atom stereocenters. The molecule has 0 bridgehead atoms. The Balaban J connectivity index is 1.57. The standard InChI is InChI=1S/C15H20N2OS/c18-15-7-12-13(5-6-16-12)17(15)8-10-9-19-14-4-2-1-3-11(10)14/h9,12-13,16H,1-8H2/t12-,13-/m1/s1. The predicted octanol–water partition coefficient (Wildman–Crippen LogP) is 2.09. The number of thiophene rings is 1. The van der Waals surface area contributed by atoms with Crippen LogP contribution in [-0.2, 0) is 24.2 Å². The zero-order chi connectivity index (χ0) is 12.8. The largest absolute Gasteiger partial charge is 0.334 e. The molecule has 0 saturated carbocycles. The lowest BCUT2D eigenvalue weighted by atomic mass is 9.95. The van der Waals surface area contributed by atoms with Gasteiger partial charge in [-0.3, -0.25) is 4.79 Å². The van der Waals surface area contributed by atoms with Gasteiger partial charge in [-0.05, 0) is 55.2 Å². The van der Waals surface area contributed by atoms with Gasteiger partial charge in [-0.1, -0.05) is 0 Å². The minimum absolute atomic E-state index is 0.345. The fourth-order valence-corrected chi connectivity index (χ4v) is 5.05. The third kappa shape index (κ3) is 1.93. The van der Waals surface area contributed by atoms with E-state index in [1.165, 1.54) is 31.2 Å². The van der Waals surface area contributed by atoms with Crippen LogP contribution in [0.15, 0.2) is 5.38 Å². The van der Waals surface area contributed by atoms with E-state index in [1.54, 1.807) is 10.4 Å². The summed E-state index contributed by atoms with van der Waals surface area (Å²) in [6, 6.07) is 0.869. The molecule has 3 aliphatic rings. The SMILES string of the molecule is O=C1C[C@H]2NCC[C@H]2N1Cc1csc2c1CCCC2. The van der Waals surface area contributed by atoms with Crippen molar-refractivity contribution >= 4 is 17.2 Å². The van der Waals surface area contributed by atoms with Gasteiger partial charge in [0.2, 0.25) is 5.91 Å². The number of hydrogen-bond acceptors (Lipinski definition) is 3. The second-order valence-corrected chi connectivity index (χ2v) is 6.98. The van der Waals surface area contributed by atoms with E-state index < -0.39 is 0 Å². The van der Waals surface area contributed by atoms with Crippen molar-refractivity contribution in [2.75, 3.05) is 6.54 Å². The van der Waals surface area contributed by atoms with E-state index in [4.69, 9.17) is 0 Å². The molecule has 2 aliphatic heterocycles. The summed E-state index contributed by atoms with van der Waals surface area (Å²) in [4.78, 5) is 15.9. The lowest BCUT2D eigenvalue weighted by Crippen LogP contribution is -2.35. The smallest absolute Gasteiger partial charge is 0.224 e. The number of rotatable bonds is 2. The molecule has 1 aliphatic carbocycles. The monoisotopic (exact) mass is 276 g/mol. The number of aryl methyl sites for hydroxylation is 1. The van der Waals surface area contributed by atoms with Crippen LogP contribution >= 0.6 is 11.3 Å². The van der Waals surface area contributed by atoms with E-state index >= 15 is 0 Å². The zero-order valence-electron chi connectivity index (χ0n) is 11.2. The van der Waals surface area contributed by atoms with Gasteiger partial charge in [-0.15, -0.1) is 11.3 Å². The quantitative estimate of drug-likeness (QED) is 0.897. The Labute approximate surface area is 118 Å². The van der Waals surface area contributed by atoms with Gasteiger partial charge in [0.05, 0.1) is 0 Å². The maximum atomic E-state index is 12.2. The van der Waals surface area contributed by atoms with Crippen molar-refractivity contribution in [3.05, 3.63) is 21.4 Å². The Morgan fingerprint density at radius 2 is 2.26 bits per heavy atom. The molecular formula is C15H20N2OS. The molecule has 1 aromatic heterocycles. The number of nitrogens with zero attached hydrogens (tertiary/aromatic N) is 1. The van der Waals surface area contributed by atoms with Crippen LogP contribution in [0.5, 0.6) is 0 Å². The number of hydrogen-bond donors (Lipinski definition) is 1. The van der Waals surface area contributed by atoms with E-state index in [0.717, 1.165) is 19.5 Å². The second-order valence-electron chi connectivity index (χ2n) is 6.01. The number of likely N-dealkylation sites (tertiary alicyclic amines) is 1. The molecule has 0 unspecified atom stereocenters. The highest BCUT2D eigenvalue weighted by atomic mass is 32.1. The molecule has 1 amide bonds. The minimum Gasteiger partial charge on any atom is -0.334 e. The molecule has 4 rings (SSSR count). The zero-order valence-corrected chi connectivity index (χ0v) is 12.0. The van der Waals surface area contributed by atoms with Crippen molar-refractivity contribution in [1.29, 1.82) is 0 Å². The number of fused-ring (bicyclic) bond motifs is 2. The normalized spacial score (nSPS) is 29.7. The van der Waals surface area contributed by atoms with E-state index in [2.05, 4.69) is 15.6 Å². The number of carbonyl (C=O) groups is 1. The summed E-state index contributed by atoms with van der Waals surface area (Å²) in [5.74, 6) is 0.345. The Bertz CT molecular complexity index is 510. The van der Waals surface area contributed by atoms with E-state index in [-0.39, 0.29) is 0 Å². The Morgan fingerprint density at radius 3 is 3.21 bits per heavy atom. The lowest BCUT2D eigenvalue weighted by molar-refractivity contribution is -0.129. The number of amides is 1. The summed E-state index contributed by atoms with van der Waals surface area (Å²) in [6.45, 7) is 1.92. The van der Waals surface area contributed by atoms with Crippen molar-refractivity contribution in [2.24, 2.45) is 0 Å². The third-order valence-electron chi connectivity index (χ3n) is 4.92. The molecule has 0 aromatic carbocycles.